The number of halogens is 3. The van der Waals surface area contributed by atoms with E-state index in [4.69, 9.17) is 0 Å². The van der Waals surface area contributed by atoms with Gasteiger partial charge in [-0.25, -0.2) is 4.98 Å². The Hall–Kier alpha value is -1.50. The lowest BCUT2D eigenvalue weighted by Crippen LogP contribution is -2.23. The van der Waals surface area contributed by atoms with Crippen molar-refractivity contribution in [1.29, 1.82) is 0 Å². The maximum Gasteiger partial charge on any atom is 0.456 e. The zero-order valence-corrected chi connectivity index (χ0v) is 9.47. The first-order valence-electron chi connectivity index (χ1n) is 4.57. The van der Waals surface area contributed by atoms with Gasteiger partial charge in [0.2, 0.25) is 0 Å². The van der Waals surface area contributed by atoms with E-state index in [2.05, 4.69) is 4.98 Å². The van der Waals surface area contributed by atoms with Crippen LogP contribution in [0.15, 0.2) is 29.6 Å². The van der Waals surface area contributed by atoms with Crippen LogP contribution in [0.2, 0.25) is 0 Å². The number of hydrogen-bond acceptors (Lipinski definition) is 3. The fourth-order valence-electron chi connectivity index (χ4n) is 1.46. The SMILES string of the molecule is CSc1nc(C(=O)C(F)(F)F)c2ccccn12. The molecule has 0 saturated heterocycles. The number of nitrogens with zero attached hydrogens (tertiary/aromatic N) is 2. The molecule has 0 aliphatic heterocycles. The standard InChI is InChI=1S/C10H7F3N2OS/c1-17-9-14-7(8(16)10(11,12)13)6-4-2-3-5-15(6)9/h2-5H,1H3. The third-order valence-electron chi connectivity index (χ3n) is 2.17. The first kappa shape index (κ1) is 12.0. The van der Waals surface area contributed by atoms with Crippen molar-refractivity contribution in [2.24, 2.45) is 0 Å². The number of Topliss-reactive ketones (excluding diaryl/α,β-unsaturated/α-hetero) is 1. The number of ketones is 1. The lowest BCUT2D eigenvalue weighted by atomic mass is 10.2. The summed E-state index contributed by atoms with van der Waals surface area (Å²) in [5, 5.41) is 0.355. The molecule has 0 amide bonds. The molecule has 17 heavy (non-hydrogen) atoms. The molecule has 0 fully saturated rings. The van der Waals surface area contributed by atoms with Gasteiger partial charge in [0.25, 0.3) is 5.78 Å². The van der Waals surface area contributed by atoms with Crippen LogP contribution < -0.4 is 0 Å². The number of thioether (sulfide) groups is 1. The van der Waals surface area contributed by atoms with Crippen LogP contribution in [0.5, 0.6) is 0 Å². The molecule has 7 heteroatoms. The van der Waals surface area contributed by atoms with Crippen molar-refractivity contribution in [3.05, 3.63) is 30.1 Å². The van der Waals surface area contributed by atoms with E-state index in [1.807, 2.05) is 0 Å². The van der Waals surface area contributed by atoms with Crippen molar-refractivity contribution in [3.63, 3.8) is 0 Å². The predicted molar refractivity (Wildman–Crippen MR) is 57.4 cm³/mol. The smallest absolute Gasteiger partial charge is 0.294 e. The molecule has 3 nitrogen and oxygen atoms in total. The Morgan fingerprint density at radius 2 is 2.12 bits per heavy atom. The first-order valence-corrected chi connectivity index (χ1v) is 5.80. The van der Waals surface area contributed by atoms with E-state index in [0.29, 0.717) is 5.16 Å². The Morgan fingerprint density at radius 1 is 1.41 bits per heavy atom. The van der Waals surface area contributed by atoms with E-state index >= 15 is 0 Å². The number of fused-ring (bicyclic) bond motifs is 1. The second-order valence-corrected chi connectivity index (χ2v) is 4.00. The largest absolute Gasteiger partial charge is 0.456 e. The van der Waals surface area contributed by atoms with Crippen LogP contribution in [0, 0.1) is 0 Å². The molecule has 2 heterocycles. The van der Waals surface area contributed by atoms with Gasteiger partial charge < -0.3 is 0 Å². The van der Waals surface area contributed by atoms with Crippen LogP contribution in [-0.2, 0) is 0 Å². The number of pyridine rings is 1. The van der Waals surface area contributed by atoms with Gasteiger partial charge in [0, 0.05) is 6.20 Å². The maximum atomic E-state index is 12.4. The maximum absolute atomic E-state index is 12.4. The summed E-state index contributed by atoms with van der Waals surface area (Å²) in [6.07, 6.45) is -1.65. The third-order valence-corrected chi connectivity index (χ3v) is 2.82. The normalized spacial score (nSPS) is 12.0. The molecular formula is C10H7F3N2OS. The Kier molecular flexibility index (Phi) is 2.86. The highest BCUT2D eigenvalue weighted by atomic mass is 32.2. The summed E-state index contributed by atoms with van der Waals surface area (Å²) in [4.78, 5) is 14.9. The Morgan fingerprint density at radius 3 is 2.71 bits per heavy atom. The zero-order chi connectivity index (χ0) is 12.6. The van der Waals surface area contributed by atoms with Crippen LogP contribution in [-0.4, -0.2) is 27.6 Å². The van der Waals surface area contributed by atoms with Gasteiger partial charge in [-0.1, -0.05) is 17.8 Å². The van der Waals surface area contributed by atoms with Crippen LogP contribution in [0.25, 0.3) is 5.52 Å². The molecule has 2 aromatic heterocycles. The monoisotopic (exact) mass is 260 g/mol. The highest BCUT2D eigenvalue weighted by Crippen LogP contribution is 2.26. The van der Waals surface area contributed by atoms with Crippen molar-refractivity contribution in [2.45, 2.75) is 11.3 Å². The number of carbonyl (C=O) groups is 1. The lowest BCUT2D eigenvalue weighted by molar-refractivity contribution is -0.0887. The summed E-state index contributed by atoms with van der Waals surface area (Å²) in [5.41, 5.74) is -0.387. The summed E-state index contributed by atoms with van der Waals surface area (Å²) < 4.78 is 38.6. The van der Waals surface area contributed by atoms with Gasteiger partial charge in [-0.3, -0.25) is 9.20 Å². The van der Waals surface area contributed by atoms with Gasteiger partial charge in [-0.2, -0.15) is 13.2 Å². The molecule has 0 aliphatic rings. The second-order valence-electron chi connectivity index (χ2n) is 3.23. The summed E-state index contributed by atoms with van der Waals surface area (Å²) in [7, 11) is 0. The predicted octanol–water partition coefficient (Wildman–Crippen LogP) is 2.80. The van der Waals surface area contributed by atoms with Gasteiger partial charge in [0.15, 0.2) is 5.16 Å². The van der Waals surface area contributed by atoms with Crippen molar-refractivity contribution in [3.8, 4) is 0 Å². The molecule has 2 aromatic rings. The Balaban J connectivity index is 2.67. The van der Waals surface area contributed by atoms with Crippen molar-refractivity contribution in [2.75, 3.05) is 6.26 Å². The Labute approximate surface area is 98.6 Å². The molecule has 0 radical (unpaired) electrons. The topological polar surface area (TPSA) is 34.4 Å². The van der Waals surface area contributed by atoms with Crippen LogP contribution >= 0.6 is 11.8 Å². The molecule has 0 spiro atoms. The van der Waals surface area contributed by atoms with Gasteiger partial charge in [-0.15, -0.1) is 0 Å². The molecular weight excluding hydrogens is 253 g/mol. The molecule has 0 unspecified atom stereocenters. The summed E-state index contributed by atoms with van der Waals surface area (Å²) >= 11 is 1.18. The average Bonchev–Trinajstić information content (AvgIpc) is 2.65. The third kappa shape index (κ3) is 2.02. The quantitative estimate of drug-likeness (QED) is 0.615. The number of carbonyl (C=O) groups excluding carboxylic acids is 1. The molecule has 0 aromatic carbocycles. The fraction of sp³-hybridized carbons (Fsp3) is 0.200. The van der Waals surface area contributed by atoms with Crippen LogP contribution in [0.1, 0.15) is 10.5 Å². The minimum atomic E-state index is -4.90. The van der Waals surface area contributed by atoms with Crippen molar-refractivity contribution in [1.82, 2.24) is 9.38 Å². The Bertz CT molecular complexity index is 576. The molecule has 2 rings (SSSR count). The van der Waals surface area contributed by atoms with E-state index in [-0.39, 0.29) is 5.52 Å². The fourth-order valence-corrected chi connectivity index (χ4v) is 1.99. The lowest BCUT2D eigenvalue weighted by Gasteiger charge is -2.02. The van der Waals surface area contributed by atoms with Crippen molar-refractivity contribution >= 4 is 23.1 Å². The van der Waals surface area contributed by atoms with Gasteiger partial charge in [0.1, 0.15) is 5.69 Å². The van der Waals surface area contributed by atoms with E-state index in [1.54, 1.807) is 24.6 Å². The number of rotatable bonds is 2. The minimum Gasteiger partial charge on any atom is -0.294 e. The number of imidazole rings is 1. The summed E-state index contributed by atoms with van der Waals surface area (Å²) in [5.74, 6) is -1.92. The number of alkyl halides is 3. The van der Waals surface area contributed by atoms with E-state index in [9.17, 15) is 18.0 Å². The van der Waals surface area contributed by atoms with Gasteiger partial charge >= 0.3 is 6.18 Å². The molecule has 0 bridgehead atoms. The molecule has 0 atom stereocenters. The van der Waals surface area contributed by atoms with Crippen LogP contribution in [0.3, 0.4) is 0 Å². The van der Waals surface area contributed by atoms with Gasteiger partial charge in [-0.05, 0) is 18.4 Å². The molecule has 0 aliphatic carbocycles. The number of aromatic nitrogens is 2. The number of hydrogen-bond donors (Lipinski definition) is 0. The molecule has 0 saturated carbocycles. The highest BCUT2D eigenvalue weighted by Gasteiger charge is 2.42. The van der Waals surface area contributed by atoms with E-state index in [1.165, 1.54) is 22.2 Å². The average molecular weight is 260 g/mol. The molecule has 0 N–H and O–H groups in total. The summed E-state index contributed by atoms with van der Waals surface area (Å²) in [6.45, 7) is 0. The minimum absolute atomic E-state index is 0.166. The second kappa shape index (κ2) is 4.06. The van der Waals surface area contributed by atoms with Crippen molar-refractivity contribution < 1.29 is 18.0 Å². The first-order chi connectivity index (χ1) is 7.95. The summed E-state index contributed by atoms with van der Waals surface area (Å²) in [6, 6.07) is 4.66. The van der Waals surface area contributed by atoms with Gasteiger partial charge in [0.05, 0.1) is 5.52 Å². The van der Waals surface area contributed by atoms with E-state index in [0.717, 1.165) is 0 Å². The highest BCUT2D eigenvalue weighted by molar-refractivity contribution is 7.98. The zero-order valence-electron chi connectivity index (χ0n) is 8.65. The van der Waals surface area contributed by atoms with E-state index < -0.39 is 17.7 Å². The molecule has 90 valence electrons. The van der Waals surface area contributed by atoms with Crippen LogP contribution in [0.4, 0.5) is 13.2 Å².